The van der Waals surface area contributed by atoms with Crippen molar-refractivity contribution in [1.82, 2.24) is 0 Å². The third-order valence-electron chi connectivity index (χ3n) is 4.50. The van der Waals surface area contributed by atoms with Crippen LogP contribution in [-0.2, 0) is 4.79 Å². The van der Waals surface area contributed by atoms with Crippen LogP contribution in [0.25, 0.3) is 0 Å². The zero-order chi connectivity index (χ0) is 18.4. The molecule has 0 radical (unpaired) electrons. The second-order valence-corrected chi connectivity index (χ2v) is 6.48. The van der Waals surface area contributed by atoms with Crippen LogP contribution in [0.5, 0.6) is 11.5 Å². The Kier molecular flexibility index (Phi) is 6.10. The van der Waals surface area contributed by atoms with E-state index in [2.05, 4.69) is 5.32 Å². The number of hydrogen-bond donors (Lipinski definition) is 1. The van der Waals surface area contributed by atoms with Gasteiger partial charge in [-0.3, -0.25) is 4.79 Å². The van der Waals surface area contributed by atoms with Gasteiger partial charge in [0.25, 0.3) is 5.91 Å². The molecule has 0 unspecified atom stereocenters. The predicted octanol–water partition coefficient (Wildman–Crippen LogP) is 4.94. The van der Waals surface area contributed by atoms with Crippen LogP contribution in [0.3, 0.4) is 0 Å². The summed E-state index contributed by atoms with van der Waals surface area (Å²) in [6.45, 7) is 1.82. The molecule has 1 aliphatic carbocycles. The molecule has 138 valence electrons. The molecule has 1 fully saturated rings. The predicted molar refractivity (Wildman–Crippen MR) is 99.1 cm³/mol. The fourth-order valence-corrected chi connectivity index (χ4v) is 3.05. The van der Waals surface area contributed by atoms with E-state index >= 15 is 0 Å². The van der Waals surface area contributed by atoms with Crippen molar-refractivity contribution in [2.45, 2.75) is 51.2 Å². The molecule has 0 aromatic heterocycles. The molecular formula is C21H24FNO3. The van der Waals surface area contributed by atoms with Gasteiger partial charge in [-0.1, -0.05) is 19.1 Å². The number of ether oxygens (including phenoxy) is 2. The van der Waals surface area contributed by atoms with Crippen molar-refractivity contribution in [3.8, 4) is 11.5 Å². The topological polar surface area (TPSA) is 47.6 Å². The highest BCUT2D eigenvalue weighted by atomic mass is 19.1. The van der Waals surface area contributed by atoms with Crippen molar-refractivity contribution < 1.29 is 18.7 Å². The van der Waals surface area contributed by atoms with Gasteiger partial charge in [-0.05, 0) is 68.5 Å². The Balaban J connectivity index is 1.58. The highest BCUT2D eigenvalue weighted by Gasteiger charge is 2.20. The molecule has 0 spiro atoms. The minimum atomic E-state index is -0.763. The SMILES string of the molecule is CC[C@@H](Oc1ccccc1F)C(=O)Nc1ccc(OC2CCCC2)cc1. The van der Waals surface area contributed by atoms with Crippen molar-refractivity contribution in [3.05, 3.63) is 54.3 Å². The fourth-order valence-electron chi connectivity index (χ4n) is 3.05. The lowest BCUT2D eigenvalue weighted by Gasteiger charge is -2.18. The first kappa shape index (κ1) is 18.2. The molecule has 1 saturated carbocycles. The molecule has 0 bridgehead atoms. The molecule has 0 heterocycles. The zero-order valence-electron chi connectivity index (χ0n) is 14.9. The molecule has 5 heteroatoms. The van der Waals surface area contributed by atoms with Crippen LogP contribution in [0, 0.1) is 5.82 Å². The third kappa shape index (κ3) is 4.75. The molecule has 2 aromatic rings. The van der Waals surface area contributed by atoms with Gasteiger partial charge < -0.3 is 14.8 Å². The van der Waals surface area contributed by atoms with Crippen molar-refractivity contribution in [1.29, 1.82) is 0 Å². The normalized spacial score (nSPS) is 15.5. The molecule has 26 heavy (non-hydrogen) atoms. The van der Waals surface area contributed by atoms with Gasteiger partial charge in [0.05, 0.1) is 6.10 Å². The number of carbonyl (C=O) groups excluding carboxylic acids is 1. The Hall–Kier alpha value is -2.56. The van der Waals surface area contributed by atoms with E-state index in [1.165, 1.54) is 25.0 Å². The highest BCUT2D eigenvalue weighted by Crippen LogP contribution is 2.25. The lowest BCUT2D eigenvalue weighted by atomic mass is 10.2. The van der Waals surface area contributed by atoms with Crippen LogP contribution >= 0.6 is 0 Å². The maximum atomic E-state index is 13.7. The second-order valence-electron chi connectivity index (χ2n) is 6.48. The largest absolute Gasteiger partial charge is 0.490 e. The van der Waals surface area contributed by atoms with Gasteiger partial charge in [-0.2, -0.15) is 0 Å². The lowest BCUT2D eigenvalue weighted by Crippen LogP contribution is -2.32. The molecule has 3 rings (SSSR count). The van der Waals surface area contributed by atoms with Gasteiger partial charge in [0.2, 0.25) is 0 Å². The zero-order valence-corrected chi connectivity index (χ0v) is 14.9. The number of nitrogens with one attached hydrogen (secondary N) is 1. The van der Waals surface area contributed by atoms with Gasteiger partial charge in [0.15, 0.2) is 17.7 Å². The molecule has 4 nitrogen and oxygen atoms in total. The first-order chi connectivity index (χ1) is 12.7. The number of carbonyl (C=O) groups is 1. The summed E-state index contributed by atoms with van der Waals surface area (Å²) in [6.07, 6.45) is 4.62. The molecule has 1 amide bonds. The van der Waals surface area contributed by atoms with Crippen LogP contribution in [0.2, 0.25) is 0 Å². The van der Waals surface area contributed by atoms with E-state index in [0.717, 1.165) is 18.6 Å². The first-order valence-electron chi connectivity index (χ1n) is 9.14. The average molecular weight is 357 g/mol. The molecular weight excluding hydrogens is 333 g/mol. The van der Waals surface area contributed by atoms with Crippen LogP contribution in [0.4, 0.5) is 10.1 Å². The summed E-state index contributed by atoms with van der Waals surface area (Å²) >= 11 is 0. The van der Waals surface area contributed by atoms with Gasteiger partial charge in [0.1, 0.15) is 5.75 Å². The van der Waals surface area contributed by atoms with Crippen molar-refractivity contribution in [2.24, 2.45) is 0 Å². The average Bonchev–Trinajstić information content (AvgIpc) is 3.15. The van der Waals surface area contributed by atoms with Crippen LogP contribution in [0.15, 0.2) is 48.5 Å². The third-order valence-corrected chi connectivity index (χ3v) is 4.50. The van der Waals surface area contributed by atoms with E-state index in [4.69, 9.17) is 9.47 Å². The molecule has 2 aromatic carbocycles. The first-order valence-corrected chi connectivity index (χ1v) is 9.14. The summed E-state index contributed by atoms with van der Waals surface area (Å²) in [6, 6.07) is 13.4. The van der Waals surface area contributed by atoms with Crippen molar-refractivity contribution >= 4 is 11.6 Å². The molecule has 1 atom stereocenters. The number of amides is 1. The summed E-state index contributed by atoms with van der Waals surface area (Å²) in [5.74, 6) is 0.103. The minimum absolute atomic E-state index is 0.0785. The monoisotopic (exact) mass is 357 g/mol. The van der Waals surface area contributed by atoms with E-state index in [0.29, 0.717) is 18.2 Å². The standard InChI is InChI=1S/C21H24FNO3/c1-2-19(26-20-10-6-5-9-18(20)22)21(24)23-15-11-13-17(14-12-15)25-16-7-3-4-8-16/h5-6,9-14,16,19H,2-4,7-8H2,1H3,(H,23,24)/t19-/m1/s1. The Labute approximate surface area is 153 Å². The Bertz CT molecular complexity index is 726. The highest BCUT2D eigenvalue weighted by molar-refractivity contribution is 5.94. The van der Waals surface area contributed by atoms with Crippen LogP contribution < -0.4 is 14.8 Å². The Morgan fingerprint density at radius 2 is 1.85 bits per heavy atom. The molecule has 1 N–H and O–H groups in total. The number of para-hydroxylation sites is 1. The van der Waals surface area contributed by atoms with E-state index in [1.54, 1.807) is 24.3 Å². The summed E-state index contributed by atoms with van der Waals surface area (Å²) in [5.41, 5.74) is 0.657. The molecule has 1 aliphatic rings. The fraction of sp³-hybridized carbons (Fsp3) is 0.381. The van der Waals surface area contributed by atoms with Crippen LogP contribution in [-0.4, -0.2) is 18.1 Å². The Morgan fingerprint density at radius 1 is 1.15 bits per heavy atom. The summed E-state index contributed by atoms with van der Waals surface area (Å²) in [5, 5.41) is 2.81. The van der Waals surface area contributed by atoms with E-state index < -0.39 is 11.9 Å². The smallest absolute Gasteiger partial charge is 0.265 e. The maximum Gasteiger partial charge on any atom is 0.265 e. The number of anilines is 1. The number of halogens is 1. The Morgan fingerprint density at radius 3 is 2.50 bits per heavy atom. The van der Waals surface area contributed by atoms with Gasteiger partial charge >= 0.3 is 0 Å². The second kappa shape index (κ2) is 8.70. The molecule has 0 saturated heterocycles. The maximum absolute atomic E-state index is 13.7. The number of rotatable bonds is 7. The van der Waals surface area contributed by atoms with E-state index in [9.17, 15) is 9.18 Å². The van der Waals surface area contributed by atoms with E-state index in [-0.39, 0.29) is 11.7 Å². The van der Waals surface area contributed by atoms with Gasteiger partial charge in [0, 0.05) is 5.69 Å². The summed E-state index contributed by atoms with van der Waals surface area (Å²) < 4.78 is 25.2. The molecule has 0 aliphatic heterocycles. The minimum Gasteiger partial charge on any atom is -0.490 e. The number of benzene rings is 2. The summed E-state index contributed by atoms with van der Waals surface area (Å²) in [7, 11) is 0. The van der Waals surface area contributed by atoms with Gasteiger partial charge in [-0.25, -0.2) is 4.39 Å². The summed E-state index contributed by atoms with van der Waals surface area (Å²) in [4.78, 5) is 12.4. The van der Waals surface area contributed by atoms with Gasteiger partial charge in [-0.15, -0.1) is 0 Å². The van der Waals surface area contributed by atoms with E-state index in [1.807, 2.05) is 19.1 Å². The quantitative estimate of drug-likeness (QED) is 0.763. The number of hydrogen-bond acceptors (Lipinski definition) is 3. The van der Waals surface area contributed by atoms with Crippen molar-refractivity contribution in [3.63, 3.8) is 0 Å². The lowest BCUT2D eigenvalue weighted by molar-refractivity contribution is -0.122. The van der Waals surface area contributed by atoms with Crippen LogP contribution in [0.1, 0.15) is 39.0 Å². The van der Waals surface area contributed by atoms with Crippen molar-refractivity contribution in [2.75, 3.05) is 5.32 Å².